The van der Waals surface area contributed by atoms with Crippen molar-refractivity contribution >= 4 is 45.5 Å². The second-order valence-corrected chi connectivity index (χ2v) is 11.8. The fourth-order valence-electron chi connectivity index (χ4n) is 5.86. The Bertz CT molecular complexity index is 2070. The normalized spacial score (nSPS) is 14.4. The van der Waals surface area contributed by atoms with E-state index in [4.69, 9.17) is 16.3 Å². The number of halogens is 6. The van der Waals surface area contributed by atoms with Gasteiger partial charge in [-0.05, 0) is 56.2 Å². The second kappa shape index (κ2) is 13.1. The number of ether oxygens (including phenoxy) is 1. The summed E-state index contributed by atoms with van der Waals surface area (Å²) in [6.07, 6.45) is 1.03. The summed E-state index contributed by atoms with van der Waals surface area (Å²) in [5.41, 5.74) is -1.81. The lowest BCUT2D eigenvalue weighted by Gasteiger charge is -2.22. The van der Waals surface area contributed by atoms with Crippen molar-refractivity contribution in [2.75, 3.05) is 25.1 Å². The number of fused-ring (bicyclic) bond motifs is 2. The third-order valence-corrected chi connectivity index (χ3v) is 8.78. The van der Waals surface area contributed by atoms with Crippen molar-refractivity contribution in [1.29, 1.82) is 0 Å². The van der Waals surface area contributed by atoms with Crippen LogP contribution in [0.1, 0.15) is 40.3 Å². The van der Waals surface area contributed by atoms with E-state index in [1.54, 1.807) is 14.0 Å². The van der Waals surface area contributed by atoms with Crippen LogP contribution in [0.25, 0.3) is 27.7 Å². The number of amides is 1. The van der Waals surface area contributed by atoms with Gasteiger partial charge in [-0.25, -0.2) is 13.8 Å². The number of nitrogens with zero attached hydrogens (tertiary/aromatic N) is 3. The van der Waals surface area contributed by atoms with Crippen LogP contribution in [0.4, 0.5) is 27.6 Å². The van der Waals surface area contributed by atoms with E-state index in [-0.39, 0.29) is 50.0 Å². The number of carbonyl (C=O) groups excluding carboxylic acids is 2. The first kappa shape index (κ1) is 33.3. The zero-order valence-electron chi connectivity index (χ0n) is 25.7. The zero-order valence-corrected chi connectivity index (χ0v) is 26.5. The van der Waals surface area contributed by atoms with Gasteiger partial charge in [0.05, 0.1) is 27.3 Å². The molecule has 1 fully saturated rings. The number of ketones is 1. The minimum absolute atomic E-state index is 0.0677. The molecule has 2 aromatic carbocycles. The minimum Gasteiger partial charge on any atom is -0.381 e. The van der Waals surface area contributed by atoms with Crippen LogP contribution in [0.15, 0.2) is 60.8 Å². The lowest BCUT2D eigenvalue weighted by Crippen LogP contribution is -2.34. The van der Waals surface area contributed by atoms with Gasteiger partial charge < -0.3 is 24.3 Å². The molecular formula is C34H29ClF5N5O3. The van der Waals surface area contributed by atoms with Gasteiger partial charge in [-0.1, -0.05) is 23.7 Å². The predicted octanol–water partition coefficient (Wildman–Crippen LogP) is 7.25. The molecule has 2 N–H and O–H groups in total. The Balaban J connectivity index is 1.28. The van der Waals surface area contributed by atoms with Gasteiger partial charge in [0.25, 0.3) is 0 Å². The Hall–Kier alpha value is -4.59. The quantitative estimate of drug-likeness (QED) is 0.102. The number of rotatable bonds is 8. The molecule has 0 spiro atoms. The molecule has 0 saturated carbocycles. The van der Waals surface area contributed by atoms with Crippen LogP contribution in [-0.4, -0.2) is 51.4 Å². The van der Waals surface area contributed by atoms with E-state index in [1.165, 1.54) is 45.5 Å². The van der Waals surface area contributed by atoms with Crippen LogP contribution in [-0.2, 0) is 22.8 Å². The smallest absolute Gasteiger partial charge is 0.381 e. The van der Waals surface area contributed by atoms with Gasteiger partial charge in [-0.3, -0.25) is 9.59 Å². The average molecular weight is 686 g/mol. The summed E-state index contributed by atoms with van der Waals surface area (Å²) < 4.78 is 81.5. The molecule has 1 aliphatic rings. The molecule has 1 aliphatic heterocycles. The molecule has 0 atom stereocenters. The number of hydrogen-bond donors (Lipinski definition) is 2. The van der Waals surface area contributed by atoms with Crippen molar-refractivity contribution in [3.8, 4) is 11.1 Å². The van der Waals surface area contributed by atoms with Crippen LogP contribution < -0.4 is 10.6 Å². The Labute approximate surface area is 276 Å². The minimum atomic E-state index is -4.78. The number of hydrogen-bond acceptors (Lipinski definition) is 5. The molecular weight excluding hydrogens is 657 g/mol. The number of benzene rings is 2. The molecule has 1 saturated heterocycles. The maximum atomic E-state index is 15.1. The molecule has 0 unspecified atom stereocenters. The van der Waals surface area contributed by atoms with Gasteiger partial charge in [0.1, 0.15) is 28.7 Å². The lowest BCUT2D eigenvalue weighted by atomic mass is 9.97. The first-order valence-corrected chi connectivity index (χ1v) is 15.4. The molecule has 0 radical (unpaired) electrons. The topological polar surface area (TPSA) is 89.7 Å². The molecule has 6 rings (SSSR count). The summed E-state index contributed by atoms with van der Waals surface area (Å²) in [6.45, 7) is 3.33. The SMILES string of the molecule is Cc1nc2c(Cl)c(-c3cccn4c(C(=O)c5cc(F)c(NC(=O)/C=C/CNC6CCOCC6)c(F)c5)ccc34)c(C(F)(F)F)cc2n1C. The van der Waals surface area contributed by atoms with Gasteiger partial charge in [0.2, 0.25) is 11.7 Å². The monoisotopic (exact) mass is 685 g/mol. The van der Waals surface area contributed by atoms with Crippen molar-refractivity contribution in [3.05, 3.63) is 100 Å². The van der Waals surface area contributed by atoms with E-state index < -0.39 is 40.8 Å². The molecule has 8 nitrogen and oxygen atoms in total. The Morgan fingerprint density at radius 2 is 1.79 bits per heavy atom. The van der Waals surface area contributed by atoms with Crippen LogP contribution in [0.2, 0.25) is 5.02 Å². The molecule has 0 bridgehead atoms. The van der Waals surface area contributed by atoms with Crippen molar-refractivity contribution < 1.29 is 36.3 Å². The number of pyridine rings is 1. The summed E-state index contributed by atoms with van der Waals surface area (Å²) >= 11 is 6.61. The average Bonchev–Trinajstić information content (AvgIpc) is 3.61. The van der Waals surface area contributed by atoms with Gasteiger partial charge >= 0.3 is 6.18 Å². The summed E-state index contributed by atoms with van der Waals surface area (Å²) in [5.74, 6) is -3.46. The van der Waals surface area contributed by atoms with E-state index in [1.807, 2.05) is 0 Å². The number of anilines is 1. The van der Waals surface area contributed by atoms with Crippen LogP contribution in [0.5, 0.6) is 0 Å². The third kappa shape index (κ3) is 6.32. The molecule has 3 aromatic heterocycles. The standard InChI is InChI=1S/C34H29ClF5N5O3/c1-18-42-32-27(44(18)2)17-22(34(38,39)40)29(30(32)35)21-5-4-12-45-25(21)7-8-26(45)33(47)19-15-23(36)31(24(37)16-19)43-28(46)6-3-11-41-20-9-13-48-14-10-20/h3-8,12,15-17,20,41H,9-11,13-14H2,1-2H3,(H,43,46)/b6-3+. The third-order valence-electron chi connectivity index (χ3n) is 8.41. The fourth-order valence-corrected chi connectivity index (χ4v) is 6.20. The van der Waals surface area contributed by atoms with Crippen molar-refractivity contribution in [1.82, 2.24) is 19.3 Å². The van der Waals surface area contributed by atoms with Crippen LogP contribution in [0, 0.1) is 18.6 Å². The molecule has 250 valence electrons. The molecule has 14 heteroatoms. The molecule has 48 heavy (non-hydrogen) atoms. The number of alkyl halides is 3. The lowest BCUT2D eigenvalue weighted by molar-refractivity contribution is -0.137. The molecule has 1 amide bonds. The molecule has 5 aromatic rings. The van der Waals surface area contributed by atoms with E-state index in [0.717, 1.165) is 37.1 Å². The number of imidazole rings is 1. The fraction of sp³-hybridized carbons (Fsp3) is 0.265. The van der Waals surface area contributed by atoms with Gasteiger partial charge in [-0.2, -0.15) is 13.2 Å². The largest absolute Gasteiger partial charge is 0.417 e. The van der Waals surface area contributed by atoms with Crippen LogP contribution in [0.3, 0.4) is 0 Å². The number of nitrogens with one attached hydrogen (secondary N) is 2. The highest BCUT2D eigenvalue weighted by Gasteiger charge is 2.37. The van der Waals surface area contributed by atoms with Crippen LogP contribution >= 0.6 is 11.6 Å². The Kier molecular flexibility index (Phi) is 9.12. The first-order chi connectivity index (χ1) is 22.8. The Morgan fingerprint density at radius 1 is 1.08 bits per heavy atom. The second-order valence-electron chi connectivity index (χ2n) is 11.4. The Morgan fingerprint density at radius 3 is 2.48 bits per heavy atom. The van der Waals surface area contributed by atoms with E-state index >= 15 is 8.78 Å². The molecule has 4 heterocycles. The van der Waals surface area contributed by atoms with Crippen molar-refractivity contribution in [2.45, 2.75) is 32.0 Å². The number of aromatic nitrogens is 3. The zero-order chi connectivity index (χ0) is 34.3. The van der Waals surface area contributed by atoms with E-state index in [2.05, 4.69) is 15.6 Å². The van der Waals surface area contributed by atoms with Gasteiger partial charge in [0, 0.05) is 61.8 Å². The molecule has 0 aliphatic carbocycles. The van der Waals surface area contributed by atoms with E-state index in [0.29, 0.717) is 25.6 Å². The highest BCUT2D eigenvalue weighted by atomic mass is 35.5. The number of carbonyl (C=O) groups is 2. The van der Waals surface area contributed by atoms with Crippen molar-refractivity contribution in [2.24, 2.45) is 7.05 Å². The predicted molar refractivity (Wildman–Crippen MR) is 171 cm³/mol. The summed E-state index contributed by atoms with van der Waals surface area (Å²) in [5, 5.41) is 5.20. The van der Waals surface area contributed by atoms with Crippen molar-refractivity contribution in [3.63, 3.8) is 0 Å². The van der Waals surface area contributed by atoms with E-state index in [9.17, 15) is 22.8 Å². The highest BCUT2D eigenvalue weighted by molar-refractivity contribution is 6.38. The van der Waals surface area contributed by atoms with Gasteiger partial charge in [0.15, 0.2) is 0 Å². The highest BCUT2D eigenvalue weighted by Crippen LogP contribution is 2.45. The maximum Gasteiger partial charge on any atom is 0.417 e. The van der Waals surface area contributed by atoms with Gasteiger partial charge in [-0.15, -0.1) is 0 Å². The number of aryl methyl sites for hydroxylation is 2. The maximum absolute atomic E-state index is 15.1. The summed E-state index contributed by atoms with van der Waals surface area (Å²) in [7, 11) is 1.59. The first-order valence-electron chi connectivity index (χ1n) is 15.0. The summed E-state index contributed by atoms with van der Waals surface area (Å²) in [4.78, 5) is 30.2. The summed E-state index contributed by atoms with van der Waals surface area (Å²) in [6, 6.07) is 8.47.